The molecule has 0 fully saturated rings. The number of likely N-dealkylation sites (N-methyl/N-ethyl adjacent to an activating group) is 1. The number of fused-ring (bicyclic) bond motifs is 1. The zero-order valence-electron chi connectivity index (χ0n) is 15.7. The lowest BCUT2D eigenvalue weighted by molar-refractivity contribution is -0.116. The molecule has 27 heavy (non-hydrogen) atoms. The number of methoxy groups -OCH3 is 1. The van der Waals surface area contributed by atoms with Gasteiger partial charge in [-0.1, -0.05) is 24.3 Å². The van der Waals surface area contributed by atoms with Crippen LogP contribution in [0.25, 0.3) is 16.3 Å². The van der Waals surface area contributed by atoms with Gasteiger partial charge in [-0.2, -0.15) is 0 Å². The van der Waals surface area contributed by atoms with Crippen LogP contribution in [-0.4, -0.2) is 43.5 Å². The smallest absolute Gasteiger partial charge is 0.244 e. The molecule has 1 N–H and O–H groups in total. The van der Waals surface area contributed by atoms with Crippen LogP contribution < -0.4 is 10.1 Å². The van der Waals surface area contributed by atoms with E-state index in [1.54, 1.807) is 24.5 Å². The lowest BCUT2D eigenvalue weighted by Crippen LogP contribution is -2.33. The summed E-state index contributed by atoms with van der Waals surface area (Å²) in [5, 5.41) is 3.80. The number of para-hydroxylation sites is 1. The largest absolute Gasteiger partial charge is 0.497 e. The van der Waals surface area contributed by atoms with E-state index >= 15 is 0 Å². The van der Waals surface area contributed by atoms with Gasteiger partial charge in [0.05, 0.1) is 23.4 Å². The predicted octanol–water partition coefficient (Wildman–Crippen LogP) is 3.74. The van der Waals surface area contributed by atoms with Crippen molar-refractivity contribution in [2.45, 2.75) is 6.04 Å². The van der Waals surface area contributed by atoms with Gasteiger partial charge in [-0.05, 0) is 50.0 Å². The highest BCUT2D eigenvalue weighted by Crippen LogP contribution is 2.23. The molecule has 0 saturated heterocycles. The highest BCUT2D eigenvalue weighted by Gasteiger charge is 2.15. The molecule has 0 saturated carbocycles. The number of carbonyl (C=O) groups excluding carboxylic acids is 1. The van der Waals surface area contributed by atoms with E-state index in [1.807, 2.05) is 62.6 Å². The maximum absolute atomic E-state index is 12.2. The summed E-state index contributed by atoms with van der Waals surface area (Å²) in [6, 6.07) is 15.9. The van der Waals surface area contributed by atoms with E-state index in [4.69, 9.17) is 4.74 Å². The Kier molecular flexibility index (Phi) is 6.21. The SMILES string of the molecule is COc1cccc(C(CNC(=O)/C=C/c2nc3ccccc3s2)N(C)C)c1. The summed E-state index contributed by atoms with van der Waals surface area (Å²) in [5.74, 6) is 0.672. The molecule has 1 atom stereocenters. The molecule has 0 aliphatic rings. The number of nitrogens with one attached hydrogen (secondary N) is 1. The van der Waals surface area contributed by atoms with Gasteiger partial charge in [0, 0.05) is 12.6 Å². The van der Waals surface area contributed by atoms with Crippen molar-refractivity contribution in [2.75, 3.05) is 27.7 Å². The molecule has 1 aromatic heterocycles. The highest BCUT2D eigenvalue weighted by molar-refractivity contribution is 7.19. The van der Waals surface area contributed by atoms with Crippen LogP contribution in [0.2, 0.25) is 0 Å². The third-order valence-electron chi connectivity index (χ3n) is 4.26. The van der Waals surface area contributed by atoms with E-state index < -0.39 is 0 Å². The van der Waals surface area contributed by atoms with Gasteiger partial charge in [0.25, 0.3) is 0 Å². The van der Waals surface area contributed by atoms with Crippen molar-refractivity contribution in [2.24, 2.45) is 0 Å². The molecule has 1 amide bonds. The lowest BCUT2D eigenvalue weighted by Gasteiger charge is -2.25. The van der Waals surface area contributed by atoms with Crippen LogP contribution >= 0.6 is 11.3 Å². The van der Waals surface area contributed by atoms with Crippen LogP contribution in [-0.2, 0) is 4.79 Å². The average molecular weight is 382 g/mol. The second kappa shape index (κ2) is 8.79. The Labute approximate surface area is 163 Å². The Morgan fingerprint density at radius 1 is 1.26 bits per heavy atom. The molecule has 3 aromatic rings. The number of amides is 1. The summed E-state index contributed by atoms with van der Waals surface area (Å²) in [6.07, 6.45) is 3.30. The summed E-state index contributed by atoms with van der Waals surface area (Å²) in [6.45, 7) is 0.503. The minimum Gasteiger partial charge on any atom is -0.497 e. The summed E-state index contributed by atoms with van der Waals surface area (Å²) in [4.78, 5) is 18.8. The zero-order valence-corrected chi connectivity index (χ0v) is 16.5. The van der Waals surface area contributed by atoms with Crippen LogP contribution in [0.3, 0.4) is 0 Å². The Hall–Kier alpha value is -2.70. The zero-order chi connectivity index (χ0) is 19.2. The number of aromatic nitrogens is 1. The number of thiazole rings is 1. The van der Waals surface area contributed by atoms with E-state index in [0.29, 0.717) is 6.54 Å². The fourth-order valence-corrected chi connectivity index (χ4v) is 3.68. The molecule has 3 rings (SSSR count). The van der Waals surface area contributed by atoms with Crippen molar-refractivity contribution >= 4 is 33.5 Å². The molecule has 0 spiro atoms. The molecule has 140 valence electrons. The summed E-state index contributed by atoms with van der Waals surface area (Å²) in [7, 11) is 5.64. The Morgan fingerprint density at radius 2 is 2.07 bits per heavy atom. The Balaban J connectivity index is 1.63. The third kappa shape index (κ3) is 4.93. The van der Waals surface area contributed by atoms with E-state index in [0.717, 1.165) is 26.5 Å². The molecule has 6 heteroatoms. The Bertz CT molecular complexity index is 916. The molecule has 1 unspecified atom stereocenters. The normalized spacial score (nSPS) is 12.6. The second-order valence-electron chi connectivity index (χ2n) is 6.35. The van der Waals surface area contributed by atoms with Crippen LogP contribution in [0.4, 0.5) is 0 Å². The maximum atomic E-state index is 12.2. The monoisotopic (exact) mass is 381 g/mol. The van der Waals surface area contributed by atoms with Crippen molar-refractivity contribution in [3.63, 3.8) is 0 Å². The van der Waals surface area contributed by atoms with Crippen LogP contribution in [0, 0.1) is 0 Å². The number of rotatable bonds is 7. The van der Waals surface area contributed by atoms with Crippen molar-refractivity contribution in [1.82, 2.24) is 15.2 Å². The van der Waals surface area contributed by atoms with Gasteiger partial charge in [0.2, 0.25) is 5.91 Å². The number of nitrogens with zero attached hydrogens (tertiary/aromatic N) is 2. The molecule has 2 aromatic carbocycles. The molecule has 0 radical (unpaired) electrons. The third-order valence-corrected chi connectivity index (χ3v) is 5.26. The van der Waals surface area contributed by atoms with Crippen LogP contribution in [0.15, 0.2) is 54.6 Å². The van der Waals surface area contributed by atoms with Crippen LogP contribution in [0.5, 0.6) is 5.75 Å². The molecule has 0 bridgehead atoms. The van der Waals surface area contributed by atoms with Crippen molar-refractivity contribution in [1.29, 1.82) is 0 Å². The standard InChI is InChI=1S/C21H23N3O2S/c1-24(2)18(15-7-6-8-16(13-15)26-3)14-22-20(25)11-12-21-23-17-9-4-5-10-19(17)27-21/h4-13,18H,14H2,1-3H3,(H,22,25)/b12-11+. The predicted molar refractivity (Wildman–Crippen MR) is 111 cm³/mol. The van der Waals surface area contributed by atoms with E-state index in [1.165, 1.54) is 6.08 Å². The minimum atomic E-state index is -0.135. The van der Waals surface area contributed by atoms with Gasteiger partial charge in [-0.15, -0.1) is 11.3 Å². The summed E-state index contributed by atoms with van der Waals surface area (Å²) in [5.41, 5.74) is 2.04. The highest BCUT2D eigenvalue weighted by atomic mass is 32.1. The first-order valence-electron chi connectivity index (χ1n) is 8.68. The Morgan fingerprint density at radius 3 is 2.81 bits per heavy atom. The number of ether oxygens (including phenoxy) is 1. The van der Waals surface area contributed by atoms with E-state index in [9.17, 15) is 4.79 Å². The first-order chi connectivity index (χ1) is 13.1. The number of hydrogen-bond donors (Lipinski definition) is 1. The fraction of sp³-hybridized carbons (Fsp3) is 0.238. The topological polar surface area (TPSA) is 54.5 Å². The van der Waals surface area contributed by atoms with Gasteiger partial charge in [0.1, 0.15) is 10.8 Å². The molecule has 0 aliphatic carbocycles. The van der Waals surface area contributed by atoms with Crippen molar-refractivity contribution < 1.29 is 9.53 Å². The molecule has 0 aliphatic heterocycles. The van der Waals surface area contributed by atoms with Crippen molar-refractivity contribution in [3.8, 4) is 5.75 Å². The van der Waals surface area contributed by atoms with E-state index in [2.05, 4.69) is 15.2 Å². The number of carbonyl (C=O) groups is 1. The maximum Gasteiger partial charge on any atom is 0.244 e. The number of benzene rings is 2. The fourth-order valence-electron chi connectivity index (χ4n) is 2.81. The molecule has 1 heterocycles. The average Bonchev–Trinajstić information content (AvgIpc) is 3.09. The summed E-state index contributed by atoms with van der Waals surface area (Å²) < 4.78 is 6.41. The van der Waals surface area contributed by atoms with Gasteiger partial charge >= 0.3 is 0 Å². The first-order valence-corrected chi connectivity index (χ1v) is 9.50. The summed E-state index contributed by atoms with van der Waals surface area (Å²) >= 11 is 1.57. The van der Waals surface area contributed by atoms with Gasteiger partial charge in [-0.3, -0.25) is 4.79 Å². The molecule has 5 nitrogen and oxygen atoms in total. The quantitative estimate of drug-likeness (QED) is 0.634. The molecular weight excluding hydrogens is 358 g/mol. The first kappa shape index (κ1) is 19.1. The lowest BCUT2D eigenvalue weighted by atomic mass is 10.1. The van der Waals surface area contributed by atoms with E-state index in [-0.39, 0.29) is 11.9 Å². The van der Waals surface area contributed by atoms with Crippen LogP contribution in [0.1, 0.15) is 16.6 Å². The van der Waals surface area contributed by atoms with Gasteiger partial charge in [0.15, 0.2) is 0 Å². The molecular formula is C21H23N3O2S. The minimum absolute atomic E-state index is 0.0555. The van der Waals surface area contributed by atoms with Crippen molar-refractivity contribution in [3.05, 3.63) is 65.2 Å². The second-order valence-corrected chi connectivity index (χ2v) is 7.42. The van der Waals surface area contributed by atoms with Gasteiger partial charge in [-0.25, -0.2) is 4.98 Å². The van der Waals surface area contributed by atoms with Gasteiger partial charge < -0.3 is 15.0 Å². The number of hydrogen-bond acceptors (Lipinski definition) is 5.